The molecule has 112 valence electrons. The Hall–Kier alpha value is -3.33. The summed E-state index contributed by atoms with van der Waals surface area (Å²) >= 11 is 0. The van der Waals surface area contributed by atoms with E-state index in [0.717, 1.165) is 0 Å². The molecule has 0 radical (unpaired) electrons. The van der Waals surface area contributed by atoms with Crippen molar-refractivity contribution in [3.05, 3.63) is 76.2 Å². The molecule has 0 atom stereocenters. The highest BCUT2D eigenvalue weighted by molar-refractivity contribution is 5.77. The smallest absolute Gasteiger partial charge is 0.285 e. The maximum atomic E-state index is 13.1. The SMILES string of the molecule is N#Cc1nc(-c2ccc(F)cc2)c(-c2ccc(F)cc2)[nH]c1=O. The van der Waals surface area contributed by atoms with Gasteiger partial charge in [0.15, 0.2) is 0 Å². The van der Waals surface area contributed by atoms with Crippen LogP contribution in [0.25, 0.3) is 22.5 Å². The lowest BCUT2D eigenvalue weighted by molar-refractivity contribution is 0.627. The molecule has 0 aliphatic heterocycles. The van der Waals surface area contributed by atoms with E-state index >= 15 is 0 Å². The minimum absolute atomic E-state index is 0.296. The van der Waals surface area contributed by atoms with Gasteiger partial charge in [0.05, 0.1) is 11.4 Å². The molecule has 0 saturated carbocycles. The van der Waals surface area contributed by atoms with Crippen LogP contribution in [0.2, 0.25) is 0 Å². The Balaban J connectivity index is 2.27. The van der Waals surface area contributed by atoms with Crippen molar-refractivity contribution in [2.24, 2.45) is 0 Å². The molecular weight excluding hydrogens is 300 g/mol. The molecule has 2 aromatic carbocycles. The highest BCUT2D eigenvalue weighted by Gasteiger charge is 2.14. The van der Waals surface area contributed by atoms with E-state index in [1.807, 2.05) is 0 Å². The number of halogens is 2. The fraction of sp³-hybridized carbons (Fsp3) is 0. The van der Waals surface area contributed by atoms with Gasteiger partial charge in [-0.2, -0.15) is 5.26 Å². The van der Waals surface area contributed by atoms with Gasteiger partial charge in [-0.25, -0.2) is 13.8 Å². The maximum absolute atomic E-state index is 13.1. The average Bonchev–Trinajstić information content (AvgIpc) is 2.56. The van der Waals surface area contributed by atoms with Crippen LogP contribution in [0.1, 0.15) is 5.69 Å². The van der Waals surface area contributed by atoms with E-state index in [0.29, 0.717) is 22.5 Å². The first-order chi connectivity index (χ1) is 11.1. The predicted octanol–water partition coefficient (Wildman–Crippen LogP) is 3.25. The fourth-order valence-electron chi connectivity index (χ4n) is 2.17. The summed E-state index contributed by atoms with van der Waals surface area (Å²) < 4.78 is 26.2. The monoisotopic (exact) mass is 309 g/mol. The number of rotatable bonds is 2. The summed E-state index contributed by atoms with van der Waals surface area (Å²) in [4.78, 5) is 18.5. The van der Waals surface area contributed by atoms with E-state index in [9.17, 15) is 13.6 Å². The van der Waals surface area contributed by atoms with Crippen LogP contribution in [0.3, 0.4) is 0 Å². The lowest BCUT2D eigenvalue weighted by Gasteiger charge is -2.09. The molecule has 6 heteroatoms. The van der Waals surface area contributed by atoms with Crippen molar-refractivity contribution in [3.63, 3.8) is 0 Å². The zero-order chi connectivity index (χ0) is 16.4. The fourth-order valence-corrected chi connectivity index (χ4v) is 2.17. The Kier molecular flexibility index (Phi) is 3.69. The molecule has 0 saturated heterocycles. The van der Waals surface area contributed by atoms with Gasteiger partial charge in [-0.05, 0) is 48.5 Å². The van der Waals surface area contributed by atoms with Crippen LogP contribution in [0.5, 0.6) is 0 Å². The van der Waals surface area contributed by atoms with Gasteiger partial charge in [-0.15, -0.1) is 0 Å². The lowest BCUT2D eigenvalue weighted by Crippen LogP contribution is -2.15. The predicted molar refractivity (Wildman–Crippen MR) is 80.4 cm³/mol. The van der Waals surface area contributed by atoms with E-state index in [2.05, 4.69) is 9.97 Å². The van der Waals surface area contributed by atoms with Crippen LogP contribution >= 0.6 is 0 Å². The van der Waals surface area contributed by atoms with Crippen LogP contribution < -0.4 is 5.56 Å². The third-order valence-electron chi connectivity index (χ3n) is 3.27. The summed E-state index contributed by atoms with van der Waals surface area (Å²) in [7, 11) is 0. The Morgan fingerprint density at radius 3 is 1.96 bits per heavy atom. The Bertz CT molecular complexity index is 955. The van der Waals surface area contributed by atoms with Crippen LogP contribution in [0.15, 0.2) is 53.3 Å². The topological polar surface area (TPSA) is 69.5 Å². The summed E-state index contributed by atoms with van der Waals surface area (Å²) in [6.45, 7) is 0. The van der Waals surface area contributed by atoms with Crippen molar-refractivity contribution in [1.29, 1.82) is 5.26 Å². The minimum Gasteiger partial charge on any atom is -0.318 e. The third-order valence-corrected chi connectivity index (χ3v) is 3.27. The van der Waals surface area contributed by atoms with E-state index in [1.54, 1.807) is 6.07 Å². The molecule has 0 unspecified atom stereocenters. The van der Waals surface area contributed by atoms with Crippen molar-refractivity contribution in [2.45, 2.75) is 0 Å². The standard InChI is InChI=1S/C17H9F2N3O/c18-12-5-1-10(2-6-12)15-16(11-3-7-13(19)8-4-11)22-17(23)14(9-20)21-15/h1-8H,(H,22,23). The summed E-state index contributed by atoms with van der Waals surface area (Å²) in [6, 6.07) is 12.7. The number of benzene rings is 2. The summed E-state index contributed by atoms with van der Waals surface area (Å²) in [5, 5.41) is 8.99. The van der Waals surface area contributed by atoms with Crippen LogP contribution in [0.4, 0.5) is 8.78 Å². The van der Waals surface area contributed by atoms with Crippen LogP contribution in [-0.2, 0) is 0 Å². The van der Waals surface area contributed by atoms with Gasteiger partial charge >= 0.3 is 0 Å². The van der Waals surface area contributed by atoms with Gasteiger partial charge in [0.25, 0.3) is 5.56 Å². The molecule has 4 nitrogen and oxygen atoms in total. The zero-order valence-corrected chi connectivity index (χ0v) is 11.7. The number of aromatic amines is 1. The van der Waals surface area contributed by atoms with E-state index in [4.69, 9.17) is 5.26 Å². The van der Waals surface area contributed by atoms with Crippen molar-refractivity contribution in [1.82, 2.24) is 9.97 Å². The number of hydrogen-bond acceptors (Lipinski definition) is 3. The molecule has 3 aromatic rings. The van der Waals surface area contributed by atoms with Gasteiger partial charge in [0.2, 0.25) is 5.69 Å². The molecule has 0 spiro atoms. The Labute approximate surface area is 129 Å². The number of hydrogen-bond donors (Lipinski definition) is 1. The van der Waals surface area contributed by atoms with Crippen molar-refractivity contribution in [2.75, 3.05) is 0 Å². The lowest BCUT2D eigenvalue weighted by atomic mass is 10.0. The molecule has 1 N–H and O–H groups in total. The number of nitrogens with zero attached hydrogens (tertiary/aromatic N) is 2. The van der Waals surface area contributed by atoms with Gasteiger partial charge in [0, 0.05) is 11.1 Å². The molecule has 1 aromatic heterocycles. The zero-order valence-electron chi connectivity index (χ0n) is 11.7. The number of nitriles is 1. The second-order valence-electron chi connectivity index (χ2n) is 4.76. The van der Waals surface area contributed by atoms with Gasteiger partial charge in [-0.3, -0.25) is 4.79 Å². The molecule has 3 rings (SSSR count). The van der Waals surface area contributed by atoms with Gasteiger partial charge in [-0.1, -0.05) is 0 Å². The van der Waals surface area contributed by atoms with Gasteiger partial charge in [0.1, 0.15) is 17.7 Å². The van der Waals surface area contributed by atoms with E-state index < -0.39 is 17.2 Å². The van der Waals surface area contributed by atoms with Gasteiger partial charge < -0.3 is 4.98 Å². The normalized spacial score (nSPS) is 10.3. The highest BCUT2D eigenvalue weighted by Crippen LogP contribution is 2.28. The molecule has 1 heterocycles. The molecular formula is C17H9F2N3O. The van der Waals surface area contributed by atoms with Crippen LogP contribution in [-0.4, -0.2) is 9.97 Å². The van der Waals surface area contributed by atoms with E-state index in [1.165, 1.54) is 48.5 Å². The largest absolute Gasteiger partial charge is 0.318 e. The van der Waals surface area contributed by atoms with Crippen molar-refractivity contribution in [3.8, 4) is 28.6 Å². The maximum Gasteiger partial charge on any atom is 0.285 e. The molecule has 0 aliphatic rings. The second-order valence-corrected chi connectivity index (χ2v) is 4.76. The average molecular weight is 309 g/mol. The Morgan fingerprint density at radius 2 is 1.43 bits per heavy atom. The number of aromatic nitrogens is 2. The summed E-state index contributed by atoms with van der Waals surface area (Å²) in [5.74, 6) is -0.831. The first-order valence-electron chi connectivity index (χ1n) is 6.65. The second kappa shape index (κ2) is 5.81. The highest BCUT2D eigenvalue weighted by atomic mass is 19.1. The first kappa shape index (κ1) is 14.6. The molecule has 0 bridgehead atoms. The van der Waals surface area contributed by atoms with Crippen molar-refractivity contribution < 1.29 is 8.78 Å². The number of nitrogens with one attached hydrogen (secondary N) is 1. The Morgan fingerprint density at radius 1 is 0.913 bits per heavy atom. The van der Waals surface area contributed by atoms with E-state index in [-0.39, 0.29) is 5.69 Å². The minimum atomic E-state index is -0.641. The molecule has 23 heavy (non-hydrogen) atoms. The molecule has 0 fully saturated rings. The summed E-state index contributed by atoms with van der Waals surface area (Å²) in [6.07, 6.45) is 0. The summed E-state index contributed by atoms with van der Waals surface area (Å²) in [5.41, 5.74) is 0.763. The first-order valence-corrected chi connectivity index (χ1v) is 6.65. The quantitative estimate of drug-likeness (QED) is 0.790. The van der Waals surface area contributed by atoms with Crippen molar-refractivity contribution >= 4 is 0 Å². The van der Waals surface area contributed by atoms with Crippen LogP contribution in [0, 0.1) is 23.0 Å². The number of H-pyrrole nitrogens is 1. The molecule has 0 aliphatic carbocycles. The third kappa shape index (κ3) is 2.85. The molecule has 0 amide bonds.